The number of carbonyl (C=O) groups is 3. The van der Waals surface area contributed by atoms with Gasteiger partial charge in [-0.25, -0.2) is 0 Å². The third-order valence-corrected chi connectivity index (χ3v) is 4.81. The molecule has 0 aromatic heterocycles. The molecule has 3 aromatic carbocycles. The molecule has 0 aliphatic heterocycles. The van der Waals surface area contributed by atoms with E-state index in [0.29, 0.717) is 22.4 Å². The number of hydrogen-bond acceptors (Lipinski definition) is 3. The van der Waals surface area contributed by atoms with E-state index in [0.717, 1.165) is 16.8 Å². The number of amides is 2. The highest BCUT2D eigenvalue weighted by molar-refractivity contribution is 6.07. The summed E-state index contributed by atoms with van der Waals surface area (Å²) in [5, 5.41) is 5.68. The third-order valence-electron chi connectivity index (χ3n) is 4.81. The monoisotopic (exact) mass is 386 g/mol. The zero-order valence-corrected chi connectivity index (χ0v) is 16.6. The minimum absolute atomic E-state index is 0.0300. The van der Waals surface area contributed by atoms with Gasteiger partial charge in [0.1, 0.15) is 0 Å². The first-order valence-corrected chi connectivity index (χ1v) is 9.25. The van der Waals surface area contributed by atoms with Crippen LogP contribution in [0.2, 0.25) is 0 Å². The Hall–Kier alpha value is -3.73. The molecule has 2 N–H and O–H groups in total. The summed E-state index contributed by atoms with van der Waals surface area (Å²) in [6.45, 7) is 5.44. The molecule has 0 spiro atoms. The molecule has 0 aliphatic carbocycles. The maximum atomic E-state index is 12.5. The molecular formula is C24H22N2O3. The van der Waals surface area contributed by atoms with E-state index in [-0.39, 0.29) is 17.6 Å². The van der Waals surface area contributed by atoms with Crippen molar-refractivity contribution in [2.45, 2.75) is 20.8 Å². The average Bonchev–Trinajstić information content (AvgIpc) is 2.72. The number of nitrogens with one attached hydrogen (secondary N) is 2. The van der Waals surface area contributed by atoms with E-state index >= 15 is 0 Å². The third kappa shape index (κ3) is 4.76. The summed E-state index contributed by atoms with van der Waals surface area (Å²) >= 11 is 0. The molecule has 2 amide bonds. The molecule has 5 heteroatoms. The second-order valence-corrected chi connectivity index (χ2v) is 6.87. The Morgan fingerprint density at radius 2 is 1.17 bits per heavy atom. The van der Waals surface area contributed by atoms with Crippen molar-refractivity contribution in [3.05, 3.63) is 94.5 Å². The van der Waals surface area contributed by atoms with E-state index in [1.54, 1.807) is 48.5 Å². The molecule has 146 valence electrons. The van der Waals surface area contributed by atoms with Gasteiger partial charge in [-0.05, 0) is 86.5 Å². The van der Waals surface area contributed by atoms with Crippen LogP contribution in [0.25, 0.3) is 0 Å². The second-order valence-electron chi connectivity index (χ2n) is 6.87. The lowest BCUT2D eigenvalue weighted by Crippen LogP contribution is -2.15. The number of rotatable bonds is 5. The maximum Gasteiger partial charge on any atom is 0.255 e. The largest absolute Gasteiger partial charge is 0.322 e. The van der Waals surface area contributed by atoms with E-state index in [9.17, 15) is 14.4 Å². The highest BCUT2D eigenvalue weighted by atomic mass is 16.2. The molecule has 29 heavy (non-hydrogen) atoms. The molecule has 0 heterocycles. The molecular weight excluding hydrogens is 364 g/mol. The van der Waals surface area contributed by atoms with E-state index in [4.69, 9.17) is 0 Å². The number of carbonyl (C=O) groups excluding carboxylic acids is 3. The molecule has 0 fully saturated rings. The zero-order chi connectivity index (χ0) is 21.0. The van der Waals surface area contributed by atoms with Crippen molar-refractivity contribution in [1.82, 2.24) is 0 Å². The normalized spacial score (nSPS) is 10.3. The van der Waals surface area contributed by atoms with Crippen LogP contribution in [0.5, 0.6) is 0 Å². The number of ketones is 1. The van der Waals surface area contributed by atoms with Gasteiger partial charge < -0.3 is 10.6 Å². The van der Waals surface area contributed by atoms with Crippen molar-refractivity contribution in [3.63, 3.8) is 0 Å². The number of benzene rings is 3. The van der Waals surface area contributed by atoms with Gasteiger partial charge in [0, 0.05) is 28.1 Å². The van der Waals surface area contributed by atoms with E-state index in [1.807, 2.05) is 32.0 Å². The topological polar surface area (TPSA) is 75.3 Å². The second kappa shape index (κ2) is 8.52. The van der Waals surface area contributed by atoms with Gasteiger partial charge in [-0.1, -0.05) is 12.1 Å². The summed E-state index contributed by atoms with van der Waals surface area (Å²) in [6.07, 6.45) is 0. The molecule has 0 saturated heterocycles. The first kappa shape index (κ1) is 20.0. The fourth-order valence-corrected chi connectivity index (χ4v) is 2.85. The minimum atomic E-state index is -0.290. The van der Waals surface area contributed by atoms with Crippen molar-refractivity contribution in [2.75, 3.05) is 10.6 Å². The standard InChI is InChI=1S/C24H22N2O3/c1-15-5-4-6-22(16(15)2)26-24(29)20-9-7-19(8-10-20)23(28)25-21-13-11-18(12-14-21)17(3)27/h4-14H,1-3H3,(H,25,28)(H,26,29). The molecule has 3 rings (SSSR count). The summed E-state index contributed by atoms with van der Waals surface area (Å²) in [7, 11) is 0. The Morgan fingerprint density at radius 1 is 0.655 bits per heavy atom. The fraction of sp³-hybridized carbons (Fsp3) is 0.125. The quantitative estimate of drug-likeness (QED) is 0.605. The van der Waals surface area contributed by atoms with Gasteiger partial charge in [0.25, 0.3) is 11.8 Å². The molecule has 3 aromatic rings. The van der Waals surface area contributed by atoms with Gasteiger partial charge in [-0.15, -0.1) is 0 Å². The minimum Gasteiger partial charge on any atom is -0.322 e. The predicted molar refractivity (Wildman–Crippen MR) is 115 cm³/mol. The summed E-state index contributed by atoms with van der Waals surface area (Å²) in [6, 6.07) is 18.9. The Bertz CT molecular complexity index is 1070. The zero-order valence-electron chi connectivity index (χ0n) is 16.6. The van der Waals surface area contributed by atoms with Crippen LogP contribution in [-0.2, 0) is 0 Å². The van der Waals surface area contributed by atoms with Gasteiger partial charge in [0.2, 0.25) is 0 Å². The summed E-state index contributed by atoms with van der Waals surface area (Å²) in [5.41, 5.74) is 4.97. The lowest BCUT2D eigenvalue weighted by Gasteiger charge is -2.11. The van der Waals surface area contributed by atoms with E-state index in [2.05, 4.69) is 10.6 Å². The van der Waals surface area contributed by atoms with Crippen molar-refractivity contribution >= 4 is 29.0 Å². The van der Waals surface area contributed by atoms with Gasteiger partial charge in [0.05, 0.1) is 0 Å². The smallest absolute Gasteiger partial charge is 0.255 e. The lowest BCUT2D eigenvalue weighted by atomic mass is 10.1. The van der Waals surface area contributed by atoms with Crippen molar-refractivity contribution in [2.24, 2.45) is 0 Å². The van der Waals surface area contributed by atoms with Crippen LogP contribution < -0.4 is 10.6 Å². The molecule has 0 aliphatic rings. The number of Topliss-reactive ketones (excluding diaryl/α,β-unsaturated/α-hetero) is 1. The van der Waals surface area contributed by atoms with Crippen LogP contribution in [0.3, 0.4) is 0 Å². The van der Waals surface area contributed by atoms with Gasteiger partial charge in [-0.3, -0.25) is 14.4 Å². The van der Waals surface area contributed by atoms with E-state index < -0.39 is 0 Å². The average molecular weight is 386 g/mol. The van der Waals surface area contributed by atoms with Gasteiger partial charge >= 0.3 is 0 Å². The van der Waals surface area contributed by atoms with Crippen LogP contribution in [0.1, 0.15) is 49.1 Å². The van der Waals surface area contributed by atoms with Crippen LogP contribution >= 0.6 is 0 Å². The molecule has 5 nitrogen and oxygen atoms in total. The number of aryl methyl sites for hydroxylation is 1. The first-order chi connectivity index (χ1) is 13.8. The van der Waals surface area contributed by atoms with Crippen molar-refractivity contribution in [1.29, 1.82) is 0 Å². The SMILES string of the molecule is CC(=O)c1ccc(NC(=O)c2ccc(C(=O)Nc3cccc(C)c3C)cc2)cc1. The van der Waals surface area contributed by atoms with Crippen molar-refractivity contribution in [3.8, 4) is 0 Å². The Balaban J connectivity index is 1.67. The van der Waals surface area contributed by atoms with Crippen LogP contribution in [0.15, 0.2) is 66.7 Å². The highest BCUT2D eigenvalue weighted by Crippen LogP contribution is 2.19. The molecule has 0 atom stereocenters. The highest BCUT2D eigenvalue weighted by Gasteiger charge is 2.11. The van der Waals surface area contributed by atoms with Gasteiger partial charge in [-0.2, -0.15) is 0 Å². The molecule has 0 saturated carbocycles. The predicted octanol–water partition coefficient (Wildman–Crippen LogP) is 5.01. The molecule has 0 bridgehead atoms. The Kier molecular flexibility index (Phi) is 5.88. The van der Waals surface area contributed by atoms with Crippen LogP contribution in [0.4, 0.5) is 11.4 Å². The Labute approximate surface area is 169 Å². The Morgan fingerprint density at radius 3 is 1.72 bits per heavy atom. The fourth-order valence-electron chi connectivity index (χ4n) is 2.85. The van der Waals surface area contributed by atoms with Crippen LogP contribution in [0, 0.1) is 13.8 Å². The summed E-state index contributed by atoms with van der Waals surface area (Å²) < 4.78 is 0. The maximum absolute atomic E-state index is 12.5. The summed E-state index contributed by atoms with van der Waals surface area (Å²) in [5.74, 6) is -0.551. The molecule has 0 radical (unpaired) electrons. The first-order valence-electron chi connectivity index (χ1n) is 9.25. The van der Waals surface area contributed by atoms with Gasteiger partial charge in [0.15, 0.2) is 5.78 Å². The van der Waals surface area contributed by atoms with Crippen LogP contribution in [-0.4, -0.2) is 17.6 Å². The number of hydrogen-bond donors (Lipinski definition) is 2. The van der Waals surface area contributed by atoms with E-state index in [1.165, 1.54) is 6.92 Å². The summed E-state index contributed by atoms with van der Waals surface area (Å²) in [4.78, 5) is 36.2. The molecule has 0 unspecified atom stereocenters. The number of anilines is 2. The van der Waals surface area contributed by atoms with Crippen molar-refractivity contribution < 1.29 is 14.4 Å². The lowest BCUT2D eigenvalue weighted by molar-refractivity contribution is 0.101.